The number of carbonyl (C=O) groups is 2. The molecular weight excluding hydrogens is 604 g/mol. The maximum atomic E-state index is 13.4. The van der Waals surface area contributed by atoms with Gasteiger partial charge in [-0.15, -0.1) is 0 Å². The summed E-state index contributed by atoms with van der Waals surface area (Å²) < 4.78 is 40.3. The number of fused-ring (bicyclic) bond motifs is 2. The number of halogens is 2. The van der Waals surface area contributed by atoms with Crippen molar-refractivity contribution in [3.8, 4) is 17.1 Å². The van der Waals surface area contributed by atoms with Crippen LogP contribution in [0.3, 0.4) is 0 Å². The SMILES string of the molecule is CC(C)(C)NC(=O)c1cn(COCC[Si](C)(C)C)c2ncc(-c3nn(CC4CN(C(=O)O)C4)c4ccc(OC(F)F)cc34)nc12. The lowest BCUT2D eigenvalue weighted by Gasteiger charge is -2.36. The van der Waals surface area contributed by atoms with Gasteiger partial charge in [-0.1, -0.05) is 19.6 Å². The Morgan fingerprint density at radius 1 is 1.20 bits per heavy atom. The number of benzene rings is 1. The number of ether oxygens (including phenoxy) is 2. The predicted octanol–water partition coefficient (Wildman–Crippen LogP) is 5.50. The molecule has 1 aromatic carbocycles. The van der Waals surface area contributed by atoms with Crippen molar-refractivity contribution >= 4 is 42.1 Å². The lowest BCUT2D eigenvalue weighted by molar-refractivity contribution is -0.0497. The largest absolute Gasteiger partial charge is 0.465 e. The molecule has 4 heterocycles. The van der Waals surface area contributed by atoms with E-state index in [0.29, 0.717) is 65.3 Å². The first-order valence-electron chi connectivity index (χ1n) is 14.8. The van der Waals surface area contributed by atoms with E-state index in [2.05, 4.69) is 34.7 Å². The van der Waals surface area contributed by atoms with E-state index in [9.17, 15) is 23.5 Å². The maximum absolute atomic E-state index is 13.4. The van der Waals surface area contributed by atoms with Crippen LogP contribution in [0.5, 0.6) is 5.75 Å². The fraction of sp³-hybridized carbons (Fsp3) is 0.500. The van der Waals surface area contributed by atoms with Crippen molar-refractivity contribution in [2.45, 2.75) is 71.9 Å². The zero-order valence-corrected chi connectivity index (χ0v) is 27.3. The molecule has 45 heavy (non-hydrogen) atoms. The highest BCUT2D eigenvalue weighted by atomic mass is 28.3. The summed E-state index contributed by atoms with van der Waals surface area (Å²) in [7, 11) is -1.30. The van der Waals surface area contributed by atoms with Crippen molar-refractivity contribution in [2.24, 2.45) is 5.92 Å². The number of likely N-dealkylation sites (tertiary alicyclic amines) is 1. The molecular formula is C30H39F2N7O5Si. The van der Waals surface area contributed by atoms with Crippen LogP contribution in [0.25, 0.3) is 33.5 Å². The predicted molar refractivity (Wildman–Crippen MR) is 167 cm³/mol. The Kier molecular flexibility index (Phi) is 8.86. The van der Waals surface area contributed by atoms with Crippen molar-refractivity contribution < 1.29 is 33.0 Å². The van der Waals surface area contributed by atoms with E-state index in [-0.39, 0.29) is 24.3 Å². The first-order chi connectivity index (χ1) is 21.1. The third-order valence-corrected chi connectivity index (χ3v) is 9.08. The molecule has 15 heteroatoms. The summed E-state index contributed by atoms with van der Waals surface area (Å²) in [4.78, 5) is 35.5. The fourth-order valence-electron chi connectivity index (χ4n) is 5.13. The number of nitrogens with zero attached hydrogens (tertiary/aromatic N) is 6. The molecule has 0 unspecified atom stereocenters. The maximum Gasteiger partial charge on any atom is 0.407 e. The van der Waals surface area contributed by atoms with E-state index >= 15 is 0 Å². The first-order valence-corrected chi connectivity index (χ1v) is 18.5. The van der Waals surface area contributed by atoms with E-state index in [4.69, 9.17) is 14.8 Å². The van der Waals surface area contributed by atoms with Crippen LogP contribution in [0.2, 0.25) is 25.7 Å². The van der Waals surface area contributed by atoms with E-state index in [1.807, 2.05) is 20.8 Å². The molecule has 0 saturated carbocycles. The van der Waals surface area contributed by atoms with Gasteiger partial charge in [-0.3, -0.25) is 9.48 Å². The standard InChI is InChI=1S/C30H39F2N7O5Si/c1-30(2,3)35-27(40)21-16-38(17-43-9-10-45(4,5)6)26-25(21)34-22(12-33-26)24-20-11-19(44-28(31)32)7-8-23(20)39(36-24)15-18-13-37(14-18)29(41)42/h7-8,11-12,16,18,28H,9-10,13-15,17H2,1-6H3,(H,35,40)(H,41,42). The summed E-state index contributed by atoms with van der Waals surface area (Å²) in [5.41, 5.74) is 1.97. The van der Waals surface area contributed by atoms with E-state index < -0.39 is 26.3 Å². The lowest BCUT2D eigenvalue weighted by Crippen LogP contribution is -2.50. The van der Waals surface area contributed by atoms with Crippen molar-refractivity contribution in [1.82, 2.24) is 34.5 Å². The van der Waals surface area contributed by atoms with Crippen LogP contribution < -0.4 is 10.1 Å². The van der Waals surface area contributed by atoms with Gasteiger partial charge in [0.25, 0.3) is 5.91 Å². The number of nitrogens with one attached hydrogen (secondary N) is 1. The van der Waals surface area contributed by atoms with Crippen LogP contribution in [0.1, 0.15) is 31.1 Å². The molecule has 5 rings (SSSR count). The highest BCUT2D eigenvalue weighted by molar-refractivity contribution is 6.76. The number of carboxylic acid groups (broad SMARTS) is 1. The number of hydrogen-bond donors (Lipinski definition) is 2. The van der Waals surface area contributed by atoms with Crippen LogP contribution in [0, 0.1) is 5.92 Å². The van der Waals surface area contributed by atoms with Gasteiger partial charge < -0.3 is 29.4 Å². The number of aromatic nitrogens is 5. The van der Waals surface area contributed by atoms with Gasteiger partial charge in [-0.25, -0.2) is 14.8 Å². The van der Waals surface area contributed by atoms with Crippen LogP contribution in [0.15, 0.2) is 30.6 Å². The topological polar surface area (TPSA) is 137 Å². The second kappa shape index (κ2) is 12.3. The molecule has 0 spiro atoms. The smallest absolute Gasteiger partial charge is 0.407 e. The lowest BCUT2D eigenvalue weighted by atomic mass is 10.0. The molecule has 4 aromatic rings. The monoisotopic (exact) mass is 643 g/mol. The Morgan fingerprint density at radius 3 is 2.58 bits per heavy atom. The molecule has 3 aromatic heterocycles. The summed E-state index contributed by atoms with van der Waals surface area (Å²) in [5, 5.41) is 17.5. The second-order valence-corrected chi connectivity index (χ2v) is 19.3. The van der Waals surface area contributed by atoms with E-state index in [1.54, 1.807) is 21.5 Å². The van der Waals surface area contributed by atoms with Gasteiger partial charge in [0, 0.05) is 57.4 Å². The summed E-state index contributed by atoms with van der Waals surface area (Å²) in [5.74, 6) is -0.332. The number of hydrogen-bond acceptors (Lipinski definition) is 7. The molecule has 1 aliphatic rings. The number of amides is 2. The van der Waals surface area contributed by atoms with Gasteiger partial charge in [0.05, 0.1) is 17.3 Å². The van der Waals surface area contributed by atoms with E-state index in [0.717, 1.165) is 6.04 Å². The Bertz CT molecular complexity index is 1720. The van der Waals surface area contributed by atoms with Gasteiger partial charge in [-0.2, -0.15) is 13.9 Å². The highest BCUT2D eigenvalue weighted by Crippen LogP contribution is 2.33. The van der Waals surface area contributed by atoms with Crippen molar-refractivity contribution in [3.63, 3.8) is 0 Å². The summed E-state index contributed by atoms with van der Waals surface area (Å²) in [6, 6.07) is 5.54. The van der Waals surface area contributed by atoms with Crippen LogP contribution in [-0.2, 0) is 18.0 Å². The molecule has 0 atom stereocenters. The summed E-state index contributed by atoms with van der Waals surface area (Å²) >= 11 is 0. The minimum absolute atomic E-state index is 0.0327. The normalized spacial score (nSPS) is 14.4. The molecule has 0 bridgehead atoms. The van der Waals surface area contributed by atoms with Crippen LogP contribution in [0.4, 0.5) is 13.6 Å². The van der Waals surface area contributed by atoms with Crippen molar-refractivity contribution in [2.75, 3.05) is 19.7 Å². The van der Waals surface area contributed by atoms with E-state index in [1.165, 1.54) is 23.2 Å². The number of carbonyl (C=O) groups excluding carboxylic acids is 1. The van der Waals surface area contributed by atoms with Gasteiger partial charge in [0.1, 0.15) is 29.4 Å². The van der Waals surface area contributed by atoms with Gasteiger partial charge >= 0.3 is 12.7 Å². The number of rotatable bonds is 11. The molecule has 0 aliphatic carbocycles. The molecule has 1 saturated heterocycles. The summed E-state index contributed by atoms with van der Waals surface area (Å²) in [6.45, 7) is 11.4. The third kappa shape index (κ3) is 7.58. The molecule has 242 valence electrons. The van der Waals surface area contributed by atoms with Gasteiger partial charge in [-0.05, 0) is 45.0 Å². The zero-order valence-electron chi connectivity index (χ0n) is 26.3. The Hall–Kier alpha value is -4.11. The minimum atomic E-state index is -3.01. The highest BCUT2D eigenvalue weighted by Gasteiger charge is 2.32. The first kappa shape index (κ1) is 32.3. The van der Waals surface area contributed by atoms with Crippen LogP contribution in [-0.4, -0.2) is 86.2 Å². The van der Waals surface area contributed by atoms with Crippen molar-refractivity contribution in [1.29, 1.82) is 0 Å². The minimum Gasteiger partial charge on any atom is -0.465 e. The Balaban J connectivity index is 1.55. The van der Waals surface area contributed by atoms with Gasteiger partial charge in [0.2, 0.25) is 0 Å². The van der Waals surface area contributed by atoms with Crippen molar-refractivity contribution in [3.05, 3.63) is 36.2 Å². The molecule has 1 fully saturated rings. The third-order valence-electron chi connectivity index (χ3n) is 7.37. The van der Waals surface area contributed by atoms with Crippen LogP contribution >= 0.6 is 0 Å². The molecule has 2 amide bonds. The van der Waals surface area contributed by atoms with Gasteiger partial charge in [0.15, 0.2) is 5.65 Å². The number of alkyl halides is 2. The molecule has 1 aliphatic heterocycles. The average molecular weight is 644 g/mol. The quantitative estimate of drug-likeness (QED) is 0.162. The average Bonchev–Trinajstić information content (AvgIpc) is 3.44. The second-order valence-electron chi connectivity index (χ2n) is 13.6. The summed E-state index contributed by atoms with van der Waals surface area (Å²) in [6.07, 6.45) is 2.24. The Morgan fingerprint density at radius 2 is 1.93 bits per heavy atom. The Labute approximate surface area is 260 Å². The molecule has 12 nitrogen and oxygen atoms in total. The zero-order chi connectivity index (χ0) is 32.7. The molecule has 2 N–H and O–H groups in total. The fourth-order valence-corrected chi connectivity index (χ4v) is 5.89. The molecule has 0 radical (unpaired) electrons.